The van der Waals surface area contributed by atoms with Crippen LogP contribution < -0.4 is 0 Å². The summed E-state index contributed by atoms with van der Waals surface area (Å²) in [5, 5.41) is 0. The maximum atomic E-state index is 13.1. The first-order chi connectivity index (χ1) is 7.06. The quantitative estimate of drug-likeness (QED) is 0.436. The number of rotatable bonds is 3. The topological polar surface area (TPSA) is 34.1 Å². The molecule has 0 aromatic heterocycles. The number of carbonyl (C=O) groups excluding carboxylic acids is 2. The largest absolute Gasteiger partial charge is 0.299 e. The van der Waals surface area contributed by atoms with Gasteiger partial charge >= 0.3 is 0 Å². The van der Waals surface area contributed by atoms with Crippen LogP contribution in [0.3, 0.4) is 0 Å². The molecule has 4 heteroatoms. The maximum absolute atomic E-state index is 13.1. The van der Waals surface area contributed by atoms with Crippen LogP contribution in [0.4, 0.5) is 8.78 Å². The summed E-state index contributed by atoms with van der Waals surface area (Å²) in [7, 11) is 0. The van der Waals surface area contributed by atoms with Gasteiger partial charge in [0.15, 0.2) is 5.78 Å². The highest BCUT2D eigenvalue weighted by molar-refractivity contribution is 5.95. The highest BCUT2D eigenvalue weighted by Gasteiger charge is 2.11. The summed E-state index contributed by atoms with van der Waals surface area (Å²) >= 11 is 0. The van der Waals surface area contributed by atoms with Gasteiger partial charge in [0.05, 0.1) is 5.56 Å². The molecule has 0 saturated heterocycles. The number of carbonyl (C=O) groups is 2. The molecule has 0 aliphatic heterocycles. The second-order valence-electron chi connectivity index (χ2n) is 2.90. The second-order valence-corrected chi connectivity index (χ2v) is 2.90. The highest BCUT2D eigenvalue weighted by Crippen LogP contribution is 2.16. The molecule has 0 radical (unpaired) electrons. The molecule has 0 atom stereocenters. The average molecular weight is 210 g/mol. The Hall–Kier alpha value is -1.84. The first-order valence-electron chi connectivity index (χ1n) is 4.18. The van der Waals surface area contributed by atoms with Crippen LogP contribution in [0, 0.1) is 11.6 Å². The highest BCUT2D eigenvalue weighted by atomic mass is 19.1. The summed E-state index contributed by atoms with van der Waals surface area (Å²) in [5.74, 6) is -2.20. The van der Waals surface area contributed by atoms with Gasteiger partial charge in [0.25, 0.3) is 0 Å². The predicted octanol–water partition coefficient (Wildman–Crippen LogP) is 2.38. The molecule has 1 aromatic rings. The van der Waals surface area contributed by atoms with Crippen molar-refractivity contribution in [3.05, 3.63) is 41.0 Å². The molecule has 0 amide bonds. The van der Waals surface area contributed by atoms with Crippen molar-refractivity contribution in [1.29, 1.82) is 0 Å². The van der Waals surface area contributed by atoms with Crippen molar-refractivity contribution in [2.75, 3.05) is 0 Å². The van der Waals surface area contributed by atoms with Gasteiger partial charge in [-0.3, -0.25) is 9.59 Å². The molecule has 1 rings (SSSR count). The number of hydrogen-bond donors (Lipinski definition) is 0. The molecule has 15 heavy (non-hydrogen) atoms. The molecule has 0 aliphatic rings. The minimum absolute atomic E-state index is 0.00806. The van der Waals surface area contributed by atoms with Gasteiger partial charge < -0.3 is 0 Å². The first-order valence-corrected chi connectivity index (χ1v) is 4.18. The summed E-state index contributed by atoms with van der Waals surface area (Å²) < 4.78 is 26.1. The number of Topliss-reactive ketones (excluding diaryl/α,β-unsaturated/α-hetero) is 1. The second kappa shape index (κ2) is 4.59. The van der Waals surface area contributed by atoms with Crippen LogP contribution in [0.15, 0.2) is 18.2 Å². The van der Waals surface area contributed by atoms with Crippen molar-refractivity contribution < 1.29 is 18.4 Å². The Bertz CT molecular complexity index is 436. The van der Waals surface area contributed by atoms with Gasteiger partial charge in [-0.1, -0.05) is 0 Å². The van der Waals surface area contributed by atoms with Gasteiger partial charge in [-0.15, -0.1) is 0 Å². The Morgan fingerprint density at radius 2 is 1.93 bits per heavy atom. The Morgan fingerprint density at radius 1 is 1.27 bits per heavy atom. The normalized spacial score (nSPS) is 10.6. The van der Waals surface area contributed by atoms with E-state index in [-0.39, 0.29) is 11.1 Å². The van der Waals surface area contributed by atoms with E-state index in [4.69, 9.17) is 0 Å². The fourth-order valence-electron chi connectivity index (χ4n) is 1.11. The van der Waals surface area contributed by atoms with Crippen molar-refractivity contribution in [3.8, 4) is 0 Å². The number of ketones is 1. The molecule has 0 fully saturated rings. The molecule has 0 aliphatic carbocycles. The SMILES string of the molecule is CC(=O)c1cc(C=CC=O)c(F)cc1F. The van der Waals surface area contributed by atoms with E-state index in [2.05, 4.69) is 0 Å². The van der Waals surface area contributed by atoms with E-state index >= 15 is 0 Å². The Balaban J connectivity index is 3.29. The molecule has 0 saturated carbocycles. The van der Waals surface area contributed by atoms with Crippen molar-refractivity contribution >= 4 is 18.1 Å². The van der Waals surface area contributed by atoms with Crippen LogP contribution in [0.25, 0.3) is 6.08 Å². The van der Waals surface area contributed by atoms with Gasteiger partial charge in [0.2, 0.25) is 0 Å². The van der Waals surface area contributed by atoms with Crippen LogP contribution in [-0.4, -0.2) is 12.1 Å². The van der Waals surface area contributed by atoms with Crippen molar-refractivity contribution in [3.63, 3.8) is 0 Å². The predicted molar refractivity (Wildman–Crippen MR) is 51.5 cm³/mol. The summed E-state index contributed by atoms with van der Waals surface area (Å²) in [5.41, 5.74) is -0.185. The fraction of sp³-hybridized carbons (Fsp3) is 0.0909. The average Bonchev–Trinajstić information content (AvgIpc) is 2.16. The van der Waals surface area contributed by atoms with Crippen LogP contribution >= 0.6 is 0 Å². The fourth-order valence-corrected chi connectivity index (χ4v) is 1.11. The van der Waals surface area contributed by atoms with E-state index in [0.29, 0.717) is 12.4 Å². The van der Waals surface area contributed by atoms with Crippen molar-refractivity contribution in [1.82, 2.24) is 0 Å². The summed E-state index contributed by atoms with van der Waals surface area (Å²) in [6.45, 7) is 1.18. The Morgan fingerprint density at radius 3 is 2.47 bits per heavy atom. The molecule has 0 heterocycles. The molecule has 78 valence electrons. The van der Waals surface area contributed by atoms with Crippen LogP contribution in [-0.2, 0) is 4.79 Å². The van der Waals surface area contributed by atoms with Gasteiger partial charge in [0, 0.05) is 11.6 Å². The smallest absolute Gasteiger partial charge is 0.162 e. The lowest BCUT2D eigenvalue weighted by molar-refractivity contribution is -0.104. The summed E-state index contributed by atoms with van der Waals surface area (Å²) in [6.07, 6.45) is 2.71. The zero-order valence-corrected chi connectivity index (χ0v) is 7.96. The molecule has 0 spiro atoms. The molecule has 1 aromatic carbocycles. The Kier molecular flexibility index (Phi) is 3.44. The zero-order chi connectivity index (χ0) is 11.4. The third-order valence-electron chi connectivity index (χ3n) is 1.82. The van der Waals surface area contributed by atoms with Gasteiger partial charge in [-0.05, 0) is 25.1 Å². The first kappa shape index (κ1) is 11.2. The van der Waals surface area contributed by atoms with Gasteiger partial charge in [-0.2, -0.15) is 0 Å². The molecule has 2 nitrogen and oxygen atoms in total. The number of halogens is 2. The van der Waals surface area contributed by atoms with E-state index in [1.807, 2.05) is 0 Å². The summed E-state index contributed by atoms with van der Waals surface area (Å²) in [6, 6.07) is 1.70. The zero-order valence-electron chi connectivity index (χ0n) is 7.96. The molecule has 0 unspecified atom stereocenters. The summed E-state index contributed by atoms with van der Waals surface area (Å²) in [4.78, 5) is 21.0. The number of aldehydes is 1. The van der Waals surface area contributed by atoms with E-state index < -0.39 is 17.4 Å². The Labute approximate surface area is 85.2 Å². The maximum Gasteiger partial charge on any atom is 0.162 e. The molecular formula is C11H8F2O2. The lowest BCUT2D eigenvalue weighted by atomic mass is 10.1. The number of hydrogen-bond acceptors (Lipinski definition) is 2. The van der Waals surface area contributed by atoms with Gasteiger partial charge in [0.1, 0.15) is 17.9 Å². The van der Waals surface area contributed by atoms with Crippen molar-refractivity contribution in [2.45, 2.75) is 6.92 Å². The van der Waals surface area contributed by atoms with Crippen LogP contribution in [0.1, 0.15) is 22.8 Å². The third-order valence-corrected chi connectivity index (χ3v) is 1.82. The standard InChI is InChI=1S/C11H8F2O2/c1-7(15)9-5-8(3-2-4-14)10(12)6-11(9)13/h2-6H,1H3. The van der Waals surface area contributed by atoms with E-state index in [1.54, 1.807) is 0 Å². The third kappa shape index (κ3) is 2.56. The lowest BCUT2D eigenvalue weighted by Crippen LogP contribution is -1.99. The van der Waals surface area contributed by atoms with Crippen LogP contribution in [0.2, 0.25) is 0 Å². The molecule has 0 N–H and O–H groups in total. The number of benzene rings is 1. The van der Waals surface area contributed by atoms with E-state index in [1.165, 1.54) is 13.0 Å². The van der Waals surface area contributed by atoms with E-state index in [0.717, 1.165) is 12.1 Å². The monoisotopic (exact) mass is 210 g/mol. The van der Waals surface area contributed by atoms with Crippen LogP contribution in [0.5, 0.6) is 0 Å². The lowest BCUT2D eigenvalue weighted by Gasteiger charge is -2.02. The minimum Gasteiger partial charge on any atom is -0.299 e. The molecular weight excluding hydrogens is 202 g/mol. The van der Waals surface area contributed by atoms with E-state index in [9.17, 15) is 18.4 Å². The molecule has 0 bridgehead atoms. The minimum atomic E-state index is -0.900. The number of allylic oxidation sites excluding steroid dienone is 1. The van der Waals surface area contributed by atoms with Gasteiger partial charge in [-0.25, -0.2) is 8.78 Å². The van der Waals surface area contributed by atoms with Crippen molar-refractivity contribution in [2.24, 2.45) is 0 Å².